The maximum absolute atomic E-state index is 9.88. The Morgan fingerprint density at radius 2 is 1.49 bits per heavy atom. The van der Waals surface area contributed by atoms with Crippen LogP contribution >= 0.6 is 12.4 Å². The lowest BCUT2D eigenvalue weighted by Gasteiger charge is -2.29. The molecule has 4 heteroatoms. The van der Waals surface area contributed by atoms with Gasteiger partial charge in [-0.2, -0.15) is 0 Å². The largest absolute Gasteiger partial charge is 0.508 e. The van der Waals surface area contributed by atoms with Crippen molar-refractivity contribution in [2.75, 3.05) is 19.7 Å². The van der Waals surface area contributed by atoms with Crippen molar-refractivity contribution in [2.45, 2.75) is 39.2 Å². The van der Waals surface area contributed by atoms with Crippen molar-refractivity contribution in [1.82, 2.24) is 4.90 Å². The quantitative estimate of drug-likeness (QED) is 0.333. The van der Waals surface area contributed by atoms with E-state index in [9.17, 15) is 10.2 Å². The van der Waals surface area contributed by atoms with Crippen molar-refractivity contribution < 1.29 is 10.2 Å². The highest BCUT2D eigenvalue weighted by Gasteiger charge is 2.17. The first-order valence-electron chi connectivity index (χ1n) is 12.3. The second kappa shape index (κ2) is 12.7. The Bertz CT molecular complexity index is 1130. The normalized spacial score (nSPS) is 14.8. The van der Waals surface area contributed by atoms with Crippen molar-refractivity contribution >= 4 is 29.1 Å². The smallest absolute Gasteiger partial charge is 0.115 e. The van der Waals surface area contributed by atoms with E-state index in [0.29, 0.717) is 12.5 Å². The first kappa shape index (κ1) is 26.7. The number of hydrogen-bond donors (Lipinski definition) is 2. The average Bonchev–Trinajstić information content (AvgIpc) is 2.88. The van der Waals surface area contributed by atoms with E-state index in [1.165, 1.54) is 16.7 Å². The summed E-state index contributed by atoms with van der Waals surface area (Å²) in [5, 5.41) is 19.5. The predicted octanol–water partition coefficient (Wildman–Crippen LogP) is 7.04. The van der Waals surface area contributed by atoms with E-state index in [0.717, 1.165) is 48.2 Å². The number of benzene rings is 3. The molecule has 3 nitrogen and oxygen atoms in total. The van der Waals surface area contributed by atoms with Crippen LogP contribution in [0.5, 0.6) is 5.75 Å². The van der Waals surface area contributed by atoms with Crippen LogP contribution in [0.3, 0.4) is 0 Å². The molecule has 0 radical (unpaired) electrons. The molecule has 0 atom stereocenters. The van der Waals surface area contributed by atoms with Gasteiger partial charge in [0.2, 0.25) is 0 Å². The van der Waals surface area contributed by atoms with Crippen LogP contribution in [0.1, 0.15) is 55.4 Å². The Hall–Kier alpha value is -2.85. The summed E-state index contributed by atoms with van der Waals surface area (Å²) in [6.45, 7) is 6.77. The van der Waals surface area contributed by atoms with E-state index in [1.54, 1.807) is 12.1 Å². The number of allylic oxidation sites excluding steroid dienone is 1. The lowest BCUT2D eigenvalue weighted by Crippen LogP contribution is -2.34. The molecule has 0 aromatic heterocycles. The number of phenols is 1. The third kappa shape index (κ3) is 6.64. The molecule has 3 aromatic rings. The molecule has 0 spiro atoms. The van der Waals surface area contributed by atoms with Gasteiger partial charge in [0.1, 0.15) is 5.75 Å². The van der Waals surface area contributed by atoms with Gasteiger partial charge in [0, 0.05) is 25.7 Å². The topological polar surface area (TPSA) is 43.7 Å². The van der Waals surface area contributed by atoms with Gasteiger partial charge in [0.25, 0.3) is 0 Å². The van der Waals surface area contributed by atoms with Crippen LogP contribution in [-0.2, 0) is 0 Å². The van der Waals surface area contributed by atoms with E-state index in [1.807, 2.05) is 18.2 Å². The van der Waals surface area contributed by atoms with E-state index < -0.39 is 0 Å². The van der Waals surface area contributed by atoms with Crippen LogP contribution < -0.4 is 0 Å². The standard InChI is InChI=1S/C31H35NO2.ClH/c1-23(2)32-20-18-25(19-21-32)24-10-12-27(13-11-24)31(28-14-16-29(34)17-15-28)30(9-6-22-33)26-7-4-3-5-8-26;/h3-5,7-8,10-18,23,33-34H,6,9,19-22H2,1-2H3;1H/b31-30+;. The molecule has 1 aliphatic rings. The summed E-state index contributed by atoms with van der Waals surface area (Å²) in [4.78, 5) is 2.50. The zero-order valence-corrected chi connectivity index (χ0v) is 21.5. The number of aromatic hydroxyl groups is 1. The van der Waals surface area contributed by atoms with Gasteiger partial charge in [-0.1, -0.05) is 72.8 Å². The molecule has 0 amide bonds. The fraction of sp³-hybridized carbons (Fsp3) is 0.290. The van der Waals surface area contributed by atoms with Crippen molar-refractivity contribution in [2.24, 2.45) is 0 Å². The number of rotatable bonds is 8. The SMILES string of the molecule is CC(C)N1CC=C(c2ccc(/C(=C(/CCCO)c3ccccc3)c3ccc(O)cc3)cc2)CC1.Cl. The summed E-state index contributed by atoms with van der Waals surface area (Å²) in [6, 6.07) is 27.3. The van der Waals surface area contributed by atoms with Gasteiger partial charge in [-0.15, -0.1) is 12.4 Å². The van der Waals surface area contributed by atoms with Crippen LogP contribution in [0.25, 0.3) is 16.7 Å². The van der Waals surface area contributed by atoms with Gasteiger partial charge < -0.3 is 10.2 Å². The van der Waals surface area contributed by atoms with Crippen LogP contribution in [-0.4, -0.2) is 40.9 Å². The summed E-state index contributed by atoms with van der Waals surface area (Å²) in [5.74, 6) is 0.259. The highest BCUT2D eigenvalue weighted by molar-refractivity contribution is 5.98. The molecule has 0 unspecified atom stereocenters. The first-order chi connectivity index (χ1) is 16.6. The van der Waals surface area contributed by atoms with Crippen molar-refractivity contribution in [3.63, 3.8) is 0 Å². The molecule has 1 heterocycles. The van der Waals surface area contributed by atoms with Gasteiger partial charge in [-0.3, -0.25) is 4.90 Å². The van der Waals surface area contributed by atoms with E-state index in [4.69, 9.17) is 0 Å². The Morgan fingerprint density at radius 3 is 2.03 bits per heavy atom. The Morgan fingerprint density at radius 1 is 0.857 bits per heavy atom. The maximum Gasteiger partial charge on any atom is 0.115 e. The lowest BCUT2D eigenvalue weighted by molar-refractivity contribution is 0.245. The first-order valence-corrected chi connectivity index (χ1v) is 12.3. The minimum atomic E-state index is 0. The number of phenolic OH excluding ortho intramolecular Hbond substituents is 1. The van der Waals surface area contributed by atoms with Gasteiger partial charge in [0.15, 0.2) is 0 Å². The van der Waals surface area contributed by atoms with Crippen LogP contribution in [0.15, 0.2) is 84.9 Å². The second-order valence-electron chi connectivity index (χ2n) is 9.24. The Balaban J connectivity index is 0.00000342. The monoisotopic (exact) mass is 489 g/mol. The van der Waals surface area contributed by atoms with Gasteiger partial charge >= 0.3 is 0 Å². The number of hydrogen-bond acceptors (Lipinski definition) is 3. The molecule has 0 bridgehead atoms. The van der Waals surface area contributed by atoms with E-state index in [-0.39, 0.29) is 24.8 Å². The fourth-order valence-electron chi connectivity index (χ4n) is 4.72. The molecule has 0 saturated heterocycles. The molecule has 0 fully saturated rings. The summed E-state index contributed by atoms with van der Waals surface area (Å²) in [6.07, 6.45) is 4.91. The van der Waals surface area contributed by atoms with Crippen molar-refractivity contribution in [3.05, 3.63) is 107 Å². The number of halogens is 1. The summed E-state index contributed by atoms with van der Waals surface area (Å²) < 4.78 is 0. The summed E-state index contributed by atoms with van der Waals surface area (Å²) in [5.41, 5.74) is 8.42. The van der Waals surface area contributed by atoms with Gasteiger partial charge in [-0.05, 0) is 84.2 Å². The molecule has 35 heavy (non-hydrogen) atoms. The van der Waals surface area contributed by atoms with Crippen molar-refractivity contribution in [3.8, 4) is 5.75 Å². The Kier molecular flexibility index (Phi) is 9.73. The predicted molar refractivity (Wildman–Crippen MR) is 150 cm³/mol. The summed E-state index contributed by atoms with van der Waals surface area (Å²) >= 11 is 0. The molecule has 0 aliphatic carbocycles. The molecule has 2 N–H and O–H groups in total. The van der Waals surface area contributed by atoms with Crippen molar-refractivity contribution in [1.29, 1.82) is 0 Å². The average molecular weight is 490 g/mol. The molecular weight excluding hydrogens is 454 g/mol. The van der Waals surface area contributed by atoms with Gasteiger partial charge in [0.05, 0.1) is 0 Å². The lowest BCUT2D eigenvalue weighted by atomic mass is 9.86. The highest BCUT2D eigenvalue weighted by Crippen LogP contribution is 2.36. The zero-order chi connectivity index (χ0) is 23.9. The summed E-state index contributed by atoms with van der Waals surface area (Å²) in [7, 11) is 0. The van der Waals surface area contributed by atoms with Crippen LogP contribution in [0.2, 0.25) is 0 Å². The zero-order valence-electron chi connectivity index (χ0n) is 20.7. The van der Waals surface area contributed by atoms with Crippen LogP contribution in [0, 0.1) is 0 Å². The van der Waals surface area contributed by atoms with Gasteiger partial charge in [-0.25, -0.2) is 0 Å². The second-order valence-corrected chi connectivity index (χ2v) is 9.24. The van der Waals surface area contributed by atoms with E-state index >= 15 is 0 Å². The van der Waals surface area contributed by atoms with E-state index in [2.05, 4.69) is 73.4 Å². The molecule has 1 aliphatic heterocycles. The third-order valence-corrected chi connectivity index (χ3v) is 6.68. The Labute approximate surface area is 215 Å². The highest BCUT2D eigenvalue weighted by atomic mass is 35.5. The van der Waals surface area contributed by atoms with Crippen LogP contribution in [0.4, 0.5) is 0 Å². The molecule has 0 saturated carbocycles. The third-order valence-electron chi connectivity index (χ3n) is 6.68. The molecule has 3 aromatic carbocycles. The molecule has 184 valence electrons. The fourth-order valence-corrected chi connectivity index (χ4v) is 4.72. The maximum atomic E-state index is 9.88. The number of aliphatic hydroxyl groups is 1. The minimum Gasteiger partial charge on any atom is -0.508 e. The molecular formula is C31H36ClNO2. The minimum absolute atomic E-state index is 0. The molecule has 4 rings (SSSR count). The number of aliphatic hydroxyl groups excluding tert-OH is 1. The number of nitrogens with zero attached hydrogens (tertiary/aromatic N) is 1.